The quantitative estimate of drug-likeness (QED) is 0.505. The Hall–Kier alpha value is -3.30. The molecule has 0 aliphatic carbocycles. The summed E-state index contributed by atoms with van der Waals surface area (Å²) in [4.78, 5) is 49.0. The second kappa shape index (κ2) is 8.39. The van der Waals surface area contributed by atoms with Crippen LogP contribution in [0.4, 0.5) is 4.79 Å². The van der Waals surface area contributed by atoms with Crippen LogP contribution in [0.25, 0.3) is 0 Å². The van der Waals surface area contributed by atoms with Gasteiger partial charge in [0.1, 0.15) is 6.54 Å². The van der Waals surface area contributed by atoms with Crippen LogP contribution in [0, 0.1) is 0 Å². The SMILES string of the molecule is CCN1C(=O)C(=O)N(CC(=O)NCc2cc(OC)c(OC)c(OC)c2)C1=O. The number of carbonyl (C=O) groups is 4. The molecule has 0 radical (unpaired) electrons. The minimum Gasteiger partial charge on any atom is -0.493 e. The average molecular weight is 379 g/mol. The molecule has 0 bridgehead atoms. The molecule has 2 rings (SSSR count). The lowest BCUT2D eigenvalue weighted by Gasteiger charge is -2.16. The van der Waals surface area contributed by atoms with Gasteiger partial charge in [0, 0.05) is 13.1 Å². The molecule has 10 nitrogen and oxygen atoms in total. The smallest absolute Gasteiger partial charge is 0.334 e. The number of ether oxygens (including phenoxy) is 3. The normalized spacial score (nSPS) is 13.9. The molecule has 146 valence electrons. The van der Waals surface area contributed by atoms with Crippen molar-refractivity contribution in [1.82, 2.24) is 15.1 Å². The molecular formula is C17H21N3O7. The number of methoxy groups -OCH3 is 3. The number of rotatable bonds is 8. The summed E-state index contributed by atoms with van der Waals surface area (Å²) in [6, 6.07) is 2.53. The Kier molecular flexibility index (Phi) is 6.22. The molecule has 1 aliphatic rings. The number of imide groups is 2. The summed E-state index contributed by atoms with van der Waals surface area (Å²) in [7, 11) is 4.42. The maximum atomic E-state index is 12.1. The minimum atomic E-state index is -1.01. The molecule has 0 spiro atoms. The summed E-state index contributed by atoms with van der Waals surface area (Å²) >= 11 is 0. The van der Waals surface area contributed by atoms with Gasteiger partial charge in [-0.25, -0.2) is 9.69 Å². The lowest BCUT2D eigenvalue weighted by atomic mass is 10.1. The molecule has 0 aromatic heterocycles. The molecule has 0 atom stereocenters. The van der Waals surface area contributed by atoms with Gasteiger partial charge in [-0.3, -0.25) is 19.3 Å². The molecule has 1 saturated heterocycles. The van der Waals surface area contributed by atoms with Crippen molar-refractivity contribution in [3.8, 4) is 17.2 Å². The third-order valence-electron chi connectivity index (χ3n) is 3.97. The van der Waals surface area contributed by atoms with E-state index < -0.39 is 30.3 Å². The van der Waals surface area contributed by atoms with Crippen molar-refractivity contribution in [3.05, 3.63) is 17.7 Å². The molecule has 1 aliphatic heterocycles. The number of likely N-dealkylation sites (N-methyl/N-ethyl adjacent to an activating group) is 1. The third-order valence-corrected chi connectivity index (χ3v) is 3.97. The van der Waals surface area contributed by atoms with Gasteiger partial charge in [-0.05, 0) is 24.6 Å². The second-order valence-corrected chi connectivity index (χ2v) is 5.53. The molecule has 5 amide bonds. The van der Waals surface area contributed by atoms with Crippen LogP contribution in [-0.4, -0.2) is 68.0 Å². The fourth-order valence-electron chi connectivity index (χ4n) is 2.61. The minimum absolute atomic E-state index is 0.0625. The number of urea groups is 1. The van der Waals surface area contributed by atoms with E-state index in [2.05, 4.69) is 5.32 Å². The predicted octanol–water partition coefficient (Wildman–Crippen LogP) is 0.139. The number of hydrogen-bond acceptors (Lipinski definition) is 7. The van der Waals surface area contributed by atoms with Crippen molar-refractivity contribution in [2.45, 2.75) is 13.5 Å². The van der Waals surface area contributed by atoms with Gasteiger partial charge in [0.05, 0.1) is 21.3 Å². The van der Waals surface area contributed by atoms with E-state index in [1.165, 1.54) is 21.3 Å². The zero-order chi connectivity index (χ0) is 20.1. The number of benzene rings is 1. The van der Waals surface area contributed by atoms with Crippen molar-refractivity contribution < 1.29 is 33.4 Å². The molecule has 27 heavy (non-hydrogen) atoms. The van der Waals surface area contributed by atoms with E-state index in [0.29, 0.717) is 27.7 Å². The first-order valence-corrected chi connectivity index (χ1v) is 8.10. The largest absolute Gasteiger partial charge is 0.493 e. The second-order valence-electron chi connectivity index (χ2n) is 5.53. The van der Waals surface area contributed by atoms with E-state index in [1.807, 2.05) is 0 Å². The van der Waals surface area contributed by atoms with Gasteiger partial charge in [0.15, 0.2) is 11.5 Å². The van der Waals surface area contributed by atoms with Crippen LogP contribution < -0.4 is 19.5 Å². The zero-order valence-corrected chi connectivity index (χ0v) is 15.5. The molecule has 1 heterocycles. The average Bonchev–Trinajstić information content (AvgIpc) is 2.88. The lowest BCUT2D eigenvalue weighted by Crippen LogP contribution is -2.41. The first-order valence-electron chi connectivity index (χ1n) is 8.10. The van der Waals surface area contributed by atoms with Crippen molar-refractivity contribution in [2.24, 2.45) is 0 Å². The molecule has 0 unspecified atom stereocenters. The molecule has 0 saturated carbocycles. The Bertz CT molecular complexity index is 753. The Morgan fingerprint density at radius 2 is 1.52 bits per heavy atom. The highest BCUT2D eigenvalue weighted by Gasteiger charge is 2.44. The van der Waals surface area contributed by atoms with Gasteiger partial charge in [0.2, 0.25) is 11.7 Å². The van der Waals surface area contributed by atoms with Gasteiger partial charge < -0.3 is 19.5 Å². The number of amides is 5. The summed E-state index contributed by atoms with van der Waals surface area (Å²) in [5, 5.41) is 2.59. The van der Waals surface area contributed by atoms with E-state index in [1.54, 1.807) is 19.1 Å². The van der Waals surface area contributed by atoms with Crippen LogP contribution in [0.1, 0.15) is 12.5 Å². The summed E-state index contributed by atoms with van der Waals surface area (Å²) in [5.41, 5.74) is 0.656. The summed E-state index contributed by atoms with van der Waals surface area (Å²) < 4.78 is 15.7. The van der Waals surface area contributed by atoms with Crippen LogP contribution in [-0.2, 0) is 20.9 Å². The van der Waals surface area contributed by atoms with Crippen LogP contribution >= 0.6 is 0 Å². The molecule has 1 aromatic carbocycles. The number of carbonyl (C=O) groups excluding carboxylic acids is 4. The third kappa shape index (κ3) is 3.94. The lowest BCUT2D eigenvalue weighted by molar-refractivity contribution is -0.143. The Balaban J connectivity index is 2.05. The van der Waals surface area contributed by atoms with Crippen molar-refractivity contribution in [3.63, 3.8) is 0 Å². The highest BCUT2D eigenvalue weighted by Crippen LogP contribution is 2.38. The fraction of sp³-hybridized carbons (Fsp3) is 0.412. The molecule has 1 N–H and O–H groups in total. The first kappa shape index (κ1) is 20.0. The van der Waals surface area contributed by atoms with Crippen LogP contribution in [0.15, 0.2) is 12.1 Å². The summed E-state index contributed by atoms with van der Waals surface area (Å²) in [6.45, 7) is 1.19. The molecular weight excluding hydrogens is 358 g/mol. The van der Waals surface area contributed by atoms with E-state index in [0.717, 1.165) is 4.90 Å². The summed E-state index contributed by atoms with van der Waals surface area (Å²) in [6.07, 6.45) is 0. The maximum Gasteiger partial charge on any atom is 0.334 e. The van der Waals surface area contributed by atoms with Crippen LogP contribution in [0.5, 0.6) is 17.2 Å². The molecule has 1 aromatic rings. The standard InChI is InChI=1S/C17H21N3O7/c1-5-19-15(22)16(23)20(17(19)24)9-13(21)18-8-10-6-11(25-2)14(27-4)12(7-10)26-3/h6-7H,5,8-9H2,1-4H3,(H,18,21). The fourth-order valence-corrected chi connectivity index (χ4v) is 2.61. The zero-order valence-electron chi connectivity index (χ0n) is 15.5. The number of hydrogen-bond donors (Lipinski definition) is 1. The van der Waals surface area contributed by atoms with Crippen molar-refractivity contribution >= 4 is 23.8 Å². The van der Waals surface area contributed by atoms with Crippen molar-refractivity contribution in [2.75, 3.05) is 34.4 Å². The van der Waals surface area contributed by atoms with E-state index in [9.17, 15) is 19.2 Å². The first-order chi connectivity index (χ1) is 12.9. The molecule has 1 fully saturated rings. The van der Waals surface area contributed by atoms with Gasteiger partial charge in [0.25, 0.3) is 0 Å². The highest BCUT2D eigenvalue weighted by molar-refractivity contribution is 6.45. The predicted molar refractivity (Wildman–Crippen MR) is 92.4 cm³/mol. The Morgan fingerprint density at radius 1 is 0.963 bits per heavy atom. The Labute approximate surface area is 155 Å². The van der Waals surface area contributed by atoms with E-state index >= 15 is 0 Å². The van der Waals surface area contributed by atoms with E-state index in [-0.39, 0.29) is 13.1 Å². The monoisotopic (exact) mass is 379 g/mol. The Morgan fingerprint density at radius 3 is 1.96 bits per heavy atom. The van der Waals surface area contributed by atoms with E-state index in [4.69, 9.17) is 14.2 Å². The molecule has 10 heteroatoms. The van der Waals surface area contributed by atoms with Crippen LogP contribution in [0.3, 0.4) is 0 Å². The van der Waals surface area contributed by atoms with Crippen LogP contribution in [0.2, 0.25) is 0 Å². The maximum absolute atomic E-state index is 12.1. The van der Waals surface area contributed by atoms with Gasteiger partial charge in [-0.2, -0.15) is 0 Å². The van der Waals surface area contributed by atoms with Crippen molar-refractivity contribution in [1.29, 1.82) is 0 Å². The summed E-state index contributed by atoms with van der Waals surface area (Å²) in [5.74, 6) is -1.26. The van der Waals surface area contributed by atoms with Gasteiger partial charge in [-0.1, -0.05) is 0 Å². The number of nitrogens with zero attached hydrogens (tertiary/aromatic N) is 2. The highest BCUT2D eigenvalue weighted by atomic mass is 16.5. The topological polar surface area (TPSA) is 114 Å². The number of nitrogens with one attached hydrogen (secondary N) is 1. The van der Waals surface area contributed by atoms with Gasteiger partial charge >= 0.3 is 17.8 Å². The van der Waals surface area contributed by atoms with Gasteiger partial charge in [-0.15, -0.1) is 0 Å².